The van der Waals surface area contributed by atoms with Crippen LogP contribution in [0.25, 0.3) is 0 Å². The second-order valence-electron chi connectivity index (χ2n) is 3.97. The zero-order chi connectivity index (χ0) is 15.3. The molecule has 0 aromatic carbocycles. The van der Waals surface area contributed by atoms with Crippen LogP contribution in [0.3, 0.4) is 0 Å². The highest BCUT2D eigenvalue weighted by Gasteiger charge is 2.02. The molecule has 0 aliphatic carbocycles. The molecule has 1 rings (SSSR count). The molecule has 0 unspecified atom stereocenters. The summed E-state index contributed by atoms with van der Waals surface area (Å²) in [7, 11) is 0. The van der Waals surface area contributed by atoms with Gasteiger partial charge in [-0.3, -0.25) is 10.1 Å². The molecule has 0 aliphatic rings. The summed E-state index contributed by atoms with van der Waals surface area (Å²) in [6.45, 7) is 1.26. The van der Waals surface area contributed by atoms with Crippen molar-refractivity contribution in [1.82, 2.24) is 15.6 Å². The molecular formula is C13H18N4O2S2. The first-order valence-electron chi connectivity index (χ1n) is 6.45. The Bertz CT molecular complexity index is 483. The van der Waals surface area contributed by atoms with Crippen LogP contribution < -0.4 is 10.6 Å². The van der Waals surface area contributed by atoms with Crippen molar-refractivity contribution in [3.63, 3.8) is 0 Å². The Balaban J connectivity index is 2.19. The van der Waals surface area contributed by atoms with Gasteiger partial charge in [0.25, 0.3) is 6.20 Å². The molecular weight excluding hydrogens is 308 g/mol. The van der Waals surface area contributed by atoms with Crippen molar-refractivity contribution in [3.05, 3.63) is 38.7 Å². The van der Waals surface area contributed by atoms with Gasteiger partial charge >= 0.3 is 0 Å². The number of aromatic nitrogens is 1. The average molecular weight is 326 g/mol. The summed E-state index contributed by atoms with van der Waals surface area (Å²) >= 11 is 3.37. The predicted molar refractivity (Wildman–Crippen MR) is 87.4 cm³/mol. The second-order valence-corrected chi connectivity index (χ2v) is 6.05. The molecule has 2 N–H and O–H groups in total. The monoisotopic (exact) mass is 326 g/mol. The maximum Gasteiger partial charge on any atom is 0.274 e. The third-order valence-electron chi connectivity index (χ3n) is 2.32. The van der Waals surface area contributed by atoms with Gasteiger partial charge in [0, 0.05) is 42.6 Å². The first kappa shape index (κ1) is 17.3. The highest BCUT2D eigenvalue weighted by Crippen LogP contribution is 2.13. The molecule has 0 aliphatic heterocycles. The van der Waals surface area contributed by atoms with Crippen LogP contribution >= 0.6 is 23.1 Å². The summed E-state index contributed by atoms with van der Waals surface area (Å²) in [5.74, 6) is 4.67. The Labute approximate surface area is 132 Å². The van der Waals surface area contributed by atoms with Crippen LogP contribution in [0, 0.1) is 22.5 Å². The number of thioether (sulfide) groups is 1. The van der Waals surface area contributed by atoms with E-state index in [0.29, 0.717) is 25.3 Å². The van der Waals surface area contributed by atoms with E-state index >= 15 is 0 Å². The van der Waals surface area contributed by atoms with E-state index in [1.807, 2.05) is 5.38 Å². The van der Waals surface area contributed by atoms with Crippen molar-refractivity contribution in [1.29, 1.82) is 0 Å². The molecule has 6 nitrogen and oxygen atoms in total. The highest BCUT2D eigenvalue weighted by molar-refractivity contribution is 7.98. The predicted octanol–water partition coefficient (Wildman–Crippen LogP) is 2.04. The van der Waals surface area contributed by atoms with Gasteiger partial charge in [0.2, 0.25) is 0 Å². The van der Waals surface area contributed by atoms with Gasteiger partial charge in [-0.2, -0.15) is 11.8 Å². The van der Waals surface area contributed by atoms with E-state index < -0.39 is 4.92 Å². The van der Waals surface area contributed by atoms with E-state index in [2.05, 4.69) is 21.5 Å². The van der Waals surface area contributed by atoms with E-state index in [1.54, 1.807) is 29.3 Å². The van der Waals surface area contributed by atoms with E-state index in [1.165, 1.54) is 0 Å². The number of hydrogen-bond donors (Lipinski definition) is 2. The van der Waals surface area contributed by atoms with E-state index in [9.17, 15) is 10.1 Å². The van der Waals surface area contributed by atoms with Crippen molar-refractivity contribution in [2.45, 2.75) is 18.6 Å². The largest absolute Gasteiger partial charge is 0.367 e. The highest BCUT2D eigenvalue weighted by atomic mass is 32.2. The number of unbranched alkanes of at least 4 members (excludes halogenated alkanes) is 1. The van der Waals surface area contributed by atoms with Crippen LogP contribution in [0.5, 0.6) is 0 Å². The fraction of sp³-hybridized carbons (Fsp3) is 0.462. The summed E-state index contributed by atoms with van der Waals surface area (Å²) in [6, 6.07) is 0. The number of nitro groups is 1. The lowest BCUT2D eigenvalue weighted by Gasteiger charge is -2.10. The molecule has 0 bridgehead atoms. The van der Waals surface area contributed by atoms with E-state index in [-0.39, 0.29) is 0 Å². The first-order chi connectivity index (χ1) is 10.2. The smallest absolute Gasteiger partial charge is 0.274 e. The van der Waals surface area contributed by atoms with Gasteiger partial charge < -0.3 is 10.6 Å². The third-order valence-corrected chi connectivity index (χ3v) is 4.25. The number of thiazole rings is 1. The molecule has 0 fully saturated rings. The summed E-state index contributed by atoms with van der Waals surface area (Å²) in [4.78, 5) is 14.3. The first-order valence-corrected chi connectivity index (χ1v) is 8.48. The Morgan fingerprint density at radius 1 is 1.57 bits per heavy atom. The molecule has 0 radical (unpaired) electrons. The normalized spacial score (nSPS) is 10.9. The van der Waals surface area contributed by atoms with Crippen LogP contribution in [0.4, 0.5) is 0 Å². The number of rotatable bonds is 11. The van der Waals surface area contributed by atoms with Crippen molar-refractivity contribution < 1.29 is 4.92 Å². The Morgan fingerprint density at radius 3 is 3.05 bits per heavy atom. The maximum absolute atomic E-state index is 10.5. The van der Waals surface area contributed by atoms with E-state index in [0.717, 1.165) is 29.1 Å². The fourth-order valence-corrected chi connectivity index (χ4v) is 2.98. The van der Waals surface area contributed by atoms with Crippen molar-refractivity contribution in [2.75, 3.05) is 18.8 Å². The number of terminal acetylenes is 1. The van der Waals surface area contributed by atoms with Crippen LogP contribution in [0.2, 0.25) is 0 Å². The lowest BCUT2D eigenvalue weighted by Crippen LogP contribution is -2.29. The summed E-state index contributed by atoms with van der Waals surface area (Å²) < 4.78 is 0. The number of nitrogens with zero attached hydrogens (tertiary/aromatic N) is 2. The molecule has 114 valence electrons. The van der Waals surface area contributed by atoms with Gasteiger partial charge in [0.15, 0.2) is 5.82 Å². The van der Waals surface area contributed by atoms with Crippen molar-refractivity contribution in [2.24, 2.45) is 0 Å². The number of hydrogen-bond acceptors (Lipinski definition) is 7. The number of nitrogens with one attached hydrogen (secondary N) is 2. The molecule has 0 amide bonds. The second kappa shape index (κ2) is 11.0. The van der Waals surface area contributed by atoms with Crippen molar-refractivity contribution >= 4 is 23.1 Å². The van der Waals surface area contributed by atoms with Crippen LogP contribution in [-0.4, -0.2) is 28.7 Å². The Hall–Kier alpha value is -1.72. The fourth-order valence-electron chi connectivity index (χ4n) is 1.41. The van der Waals surface area contributed by atoms with E-state index in [4.69, 9.17) is 6.42 Å². The minimum absolute atomic E-state index is 0.423. The minimum Gasteiger partial charge on any atom is -0.367 e. The molecule has 1 aromatic heterocycles. The standard InChI is InChI=1S/C13H18N4O2S2/c1-2-3-4-5-14-12(10-17(18)19)15-6-8-20-11-13-16-7-9-21-13/h1,7,9-10,14-15H,3-6,8,11H2. The minimum atomic E-state index is -0.473. The third kappa shape index (κ3) is 8.94. The maximum atomic E-state index is 10.5. The molecule has 1 heterocycles. The van der Waals surface area contributed by atoms with Crippen LogP contribution in [-0.2, 0) is 5.75 Å². The molecule has 0 atom stereocenters. The van der Waals surface area contributed by atoms with Gasteiger partial charge in [0.1, 0.15) is 5.01 Å². The molecule has 8 heteroatoms. The summed E-state index contributed by atoms with van der Waals surface area (Å²) in [6.07, 6.45) is 9.33. The molecule has 1 aromatic rings. The van der Waals surface area contributed by atoms with Gasteiger partial charge in [-0.15, -0.1) is 23.7 Å². The lowest BCUT2D eigenvalue weighted by atomic mass is 10.3. The van der Waals surface area contributed by atoms with Crippen LogP contribution in [0.1, 0.15) is 17.8 Å². The van der Waals surface area contributed by atoms with Gasteiger partial charge in [-0.05, 0) is 6.42 Å². The van der Waals surface area contributed by atoms with Crippen LogP contribution in [0.15, 0.2) is 23.6 Å². The average Bonchev–Trinajstić information content (AvgIpc) is 2.95. The topological polar surface area (TPSA) is 80.1 Å². The molecule has 0 spiro atoms. The molecule has 0 saturated heterocycles. The van der Waals surface area contributed by atoms with Crippen molar-refractivity contribution in [3.8, 4) is 12.3 Å². The molecule has 0 saturated carbocycles. The van der Waals surface area contributed by atoms with Gasteiger partial charge in [-0.25, -0.2) is 4.98 Å². The lowest BCUT2D eigenvalue weighted by molar-refractivity contribution is -0.404. The summed E-state index contributed by atoms with van der Waals surface area (Å²) in [5.41, 5.74) is 0. The summed E-state index contributed by atoms with van der Waals surface area (Å²) in [5, 5.41) is 19.6. The SMILES string of the molecule is C#CCCCNC(=C[N+](=O)[O-])NCCSCc1nccs1. The van der Waals surface area contributed by atoms with Gasteiger partial charge in [0.05, 0.1) is 4.92 Å². The Morgan fingerprint density at radius 2 is 2.38 bits per heavy atom. The van der Waals surface area contributed by atoms with Gasteiger partial charge in [-0.1, -0.05) is 0 Å². The zero-order valence-corrected chi connectivity index (χ0v) is 13.2. The Kier molecular flexibility index (Phi) is 9.08. The quantitative estimate of drug-likeness (QED) is 0.280. The zero-order valence-electron chi connectivity index (χ0n) is 11.6. The molecule has 21 heavy (non-hydrogen) atoms.